The molecule has 19 heteroatoms. The van der Waals surface area contributed by atoms with E-state index in [9.17, 15) is 4.79 Å². The molecule has 0 aliphatic carbocycles. The molecule has 0 aliphatic heterocycles. The Kier molecular flexibility index (Phi) is 39.0. The zero-order valence-corrected chi connectivity index (χ0v) is 33.3. The van der Waals surface area contributed by atoms with Crippen LogP contribution in [0, 0.1) is 0 Å². The topological polar surface area (TPSA) is 180 Å². The monoisotopic (exact) mass is 832 g/mol. The predicted molar refractivity (Wildman–Crippen MR) is 197 cm³/mol. The van der Waals surface area contributed by atoms with Crippen molar-refractivity contribution in [2.75, 3.05) is 177 Å². The molecule has 0 radical (unpaired) electrons. The number of nitrogens with one attached hydrogen (secondary N) is 1. The molecular formula is C34H65BrN4O14. The van der Waals surface area contributed by atoms with Gasteiger partial charge in [0.15, 0.2) is 0 Å². The molecule has 1 heterocycles. The zero-order valence-electron chi connectivity index (χ0n) is 31.7. The van der Waals surface area contributed by atoms with E-state index < -0.39 is 0 Å². The van der Waals surface area contributed by atoms with Crippen LogP contribution in [0.1, 0.15) is 19.0 Å². The highest BCUT2D eigenvalue weighted by molar-refractivity contribution is 9.09. The first kappa shape index (κ1) is 49.6. The number of hydrogen-bond donors (Lipinski definition) is 1. The second kappa shape index (κ2) is 41.7. The summed E-state index contributed by atoms with van der Waals surface area (Å²) in [5.41, 5.74) is 0.743. The van der Waals surface area contributed by atoms with Crippen LogP contribution in [-0.2, 0) is 79.5 Å². The molecule has 0 unspecified atom stereocenters. The molecule has 1 rings (SSSR count). The van der Waals surface area contributed by atoms with Crippen LogP contribution in [0.25, 0.3) is 0 Å². The van der Waals surface area contributed by atoms with E-state index in [1.165, 1.54) is 0 Å². The predicted octanol–water partition coefficient (Wildman–Crippen LogP) is 0.915. The van der Waals surface area contributed by atoms with Gasteiger partial charge in [0.05, 0.1) is 183 Å². The summed E-state index contributed by atoms with van der Waals surface area (Å²) < 4.78 is 72.9. The van der Waals surface area contributed by atoms with Gasteiger partial charge in [-0.15, -0.1) is 5.10 Å². The Morgan fingerprint density at radius 2 is 0.868 bits per heavy atom. The highest BCUT2D eigenvalue weighted by atomic mass is 79.9. The fraction of sp³-hybridized carbons (Fsp3) is 0.912. The Labute approximate surface area is 323 Å². The number of carbonyl (C=O) groups excluding carboxylic acids is 1. The number of ether oxygens (including phenoxy) is 13. The van der Waals surface area contributed by atoms with Gasteiger partial charge in [-0.05, 0) is 6.42 Å². The quantitative estimate of drug-likeness (QED) is 0.0724. The Hall–Kier alpha value is -1.43. The third kappa shape index (κ3) is 37.3. The normalized spacial score (nSPS) is 11.5. The van der Waals surface area contributed by atoms with Crippen LogP contribution in [0.3, 0.4) is 0 Å². The first-order valence-corrected chi connectivity index (χ1v) is 19.6. The number of carbonyl (C=O) groups is 1. The summed E-state index contributed by atoms with van der Waals surface area (Å²) in [6.45, 7) is 16.3. The molecule has 0 fully saturated rings. The highest BCUT2D eigenvalue weighted by Crippen LogP contribution is 1.97. The summed E-state index contributed by atoms with van der Waals surface area (Å²) >= 11 is 3.08. The summed E-state index contributed by atoms with van der Waals surface area (Å²) in [6.07, 6.45) is 2.86. The van der Waals surface area contributed by atoms with Crippen LogP contribution in [0.15, 0.2) is 6.20 Å². The maximum absolute atomic E-state index is 11.0. The van der Waals surface area contributed by atoms with Gasteiger partial charge >= 0.3 is 0 Å². The second-order valence-electron chi connectivity index (χ2n) is 10.9. The number of halogens is 1. The van der Waals surface area contributed by atoms with Crippen LogP contribution < -0.4 is 5.32 Å². The molecular weight excluding hydrogens is 768 g/mol. The SMILES string of the molecule is CCCOCCOCCOCCOCCOCCOCCOCCn1cc(COCCOCCOCCOCCOCCOCCNC(=O)CBr)nn1. The molecule has 312 valence electrons. The molecule has 0 bridgehead atoms. The Morgan fingerprint density at radius 1 is 0.528 bits per heavy atom. The number of amides is 1. The van der Waals surface area contributed by atoms with Gasteiger partial charge < -0.3 is 66.9 Å². The van der Waals surface area contributed by atoms with Crippen molar-refractivity contribution in [2.45, 2.75) is 26.5 Å². The van der Waals surface area contributed by atoms with Crippen molar-refractivity contribution in [2.24, 2.45) is 0 Å². The lowest BCUT2D eigenvalue weighted by atomic mass is 10.5. The van der Waals surface area contributed by atoms with Crippen molar-refractivity contribution in [1.29, 1.82) is 0 Å². The molecule has 1 aromatic heterocycles. The lowest BCUT2D eigenvalue weighted by Gasteiger charge is -2.08. The lowest BCUT2D eigenvalue weighted by Crippen LogP contribution is -2.28. The molecule has 0 spiro atoms. The molecule has 0 saturated carbocycles. The van der Waals surface area contributed by atoms with Crippen molar-refractivity contribution in [1.82, 2.24) is 20.3 Å². The maximum atomic E-state index is 11.0. The van der Waals surface area contributed by atoms with Crippen LogP contribution >= 0.6 is 15.9 Å². The fourth-order valence-corrected chi connectivity index (χ4v) is 4.02. The van der Waals surface area contributed by atoms with Crippen LogP contribution in [0.5, 0.6) is 0 Å². The van der Waals surface area contributed by atoms with Gasteiger partial charge in [0.1, 0.15) is 5.69 Å². The molecule has 0 aromatic carbocycles. The van der Waals surface area contributed by atoms with Gasteiger partial charge in [0.2, 0.25) is 5.91 Å². The lowest BCUT2D eigenvalue weighted by molar-refractivity contribution is -0.118. The molecule has 53 heavy (non-hydrogen) atoms. The average molecular weight is 834 g/mol. The van der Waals surface area contributed by atoms with E-state index in [2.05, 4.69) is 38.5 Å². The number of nitrogens with zero attached hydrogens (tertiary/aromatic N) is 3. The minimum absolute atomic E-state index is 0.0602. The Balaban J connectivity index is 1.74. The smallest absolute Gasteiger partial charge is 0.230 e. The minimum Gasteiger partial charge on any atom is -0.379 e. The van der Waals surface area contributed by atoms with E-state index in [4.69, 9.17) is 61.6 Å². The van der Waals surface area contributed by atoms with Crippen LogP contribution in [0.2, 0.25) is 0 Å². The van der Waals surface area contributed by atoms with E-state index in [-0.39, 0.29) is 5.91 Å². The van der Waals surface area contributed by atoms with Crippen molar-refractivity contribution < 1.29 is 66.4 Å². The number of alkyl halides is 1. The molecule has 0 atom stereocenters. The third-order valence-electron chi connectivity index (χ3n) is 6.43. The number of hydrogen-bond acceptors (Lipinski definition) is 16. The van der Waals surface area contributed by atoms with Crippen molar-refractivity contribution >= 4 is 21.8 Å². The maximum Gasteiger partial charge on any atom is 0.230 e. The summed E-state index contributed by atoms with van der Waals surface area (Å²) in [7, 11) is 0. The minimum atomic E-state index is -0.0602. The first-order chi connectivity index (χ1) is 26.3. The first-order valence-electron chi connectivity index (χ1n) is 18.5. The Bertz CT molecular complexity index is 896. The second-order valence-corrected chi connectivity index (χ2v) is 11.4. The standard InChI is InChI=1S/C34H65BrN4O14/c1-2-5-41-8-11-44-14-17-47-20-22-50-23-21-49-19-16-46-13-10-43-7-4-39-31-33(37-38-39)32-53-29-28-52-27-26-51-25-24-48-18-15-45-12-9-42-6-3-36-34(40)30-35/h31H,2-30,32H2,1H3,(H,36,40). The molecule has 1 amide bonds. The van der Waals surface area contributed by atoms with E-state index in [0.29, 0.717) is 184 Å². The van der Waals surface area contributed by atoms with Gasteiger partial charge in [-0.1, -0.05) is 28.1 Å². The molecule has 0 aliphatic rings. The summed E-state index contributed by atoms with van der Waals surface area (Å²) in [5, 5.41) is 11.2. The van der Waals surface area contributed by atoms with Crippen molar-refractivity contribution in [3.8, 4) is 0 Å². The van der Waals surface area contributed by atoms with Crippen molar-refractivity contribution in [3.05, 3.63) is 11.9 Å². The van der Waals surface area contributed by atoms with Gasteiger partial charge in [0.25, 0.3) is 0 Å². The van der Waals surface area contributed by atoms with E-state index in [0.717, 1.165) is 18.7 Å². The fourth-order valence-electron chi connectivity index (χ4n) is 3.82. The molecule has 0 saturated heterocycles. The summed E-state index contributed by atoms with van der Waals surface area (Å²) in [5.74, 6) is -0.0602. The van der Waals surface area contributed by atoms with Gasteiger partial charge in [-0.25, -0.2) is 4.68 Å². The molecule has 1 aromatic rings. The van der Waals surface area contributed by atoms with E-state index in [1.54, 1.807) is 4.68 Å². The van der Waals surface area contributed by atoms with Gasteiger partial charge in [0, 0.05) is 13.2 Å². The van der Waals surface area contributed by atoms with Gasteiger partial charge in [-0.3, -0.25) is 4.79 Å². The van der Waals surface area contributed by atoms with Crippen LogP contribution in [0.4, 0.5) is 0 Å². The highest BCUT2D eigenvalue weighted by Gasteiger charge is 2.02. The van der Waals surface area contributed by atoms with E-state index >= 15 is 0 Å². The number of rotatable bonds is 44. The summed E-state index contributed by atoms with van der Waals surface area (Å²) in [4.78, 5) is 11.0. The summed E-state index contributed by atoms with van der Waals surface area (Å²) in [6, 6.07) is 0. The van der Waals surface area contributed by atoms with Crippen LogP contribution in [-0.4, -0.2) is 198 Å². The van der Waals surface area contributed by atoms with E-state index in [1.807, 2.05) is 6.20 Å². The molecule has 18 nitrogen and oxygen atoms in total. The zero-order chi connectivity index (χ0) is 38.0. The van der Waals surface area contributed by atoms with Crippen molar-refractivity contribution in [3.63, 3.8) is 0 Å². The molecule has 1 N–H and O–H groups in total. The van der Waals surface area contributed by atoms with Gasteiger partial charge in [-0.2, -0.15) is 0 Å². The third-order valence-corrected chi connectivity index (χ3v) is 6.94. The number of aromatic nitrogens is 3. The Morgan fingerprint density at radius 3 is 1.25 bits per heavy atom. The largest absolute Gasteiger partial charge is 0.379 e. The average Bonchev–Trinajstić information content (AvgIpc) is 3.63.